The first-order chi connectivity index (χ1) is 16.3. The highest BCUT2D eigenvalue weighted by molar-refractivity contribution is 6.32. The number of nitrogens with one attached hydrogen (secondary N) is 1. The molecule has 0 unspecified atom stereocenters. The second-order valence-corrected chi connectivity index (χ2v) is 9.95. The number of imidazole rings is 1. The lowest BCUT2D eigenvalue weighted by Crippen LogP contribution is -2.39. The first-order valence-electron chi connectivity index (χ1n) is 11.2. The zero-order valence-corrected chi connectivity index (χ0v) is 21.1. The van der Waals surface area contributed by atoms with Crippen LogP contribution in [0.15, 0.2) is 29.8 Å². The van der Waals surface area contributed by atoms with Crippen LogP contribution in [0, 0.1) is 5.95 Å². The van der Waals surface area contributed by atoms with E-state index in [0.717, 1.165) is 5.56 Å². The van der Waals surface area contributed by atoms with Crippen LogP contribution in [0.5, 0.6) is 0 Å². The van der Waals surface area contributed by atoms with Crippen molar-refractivity contribution in [3.63, 3.8) is 0 Å². The number of hydrogen-bond acceptors (Lipinski definition) is 5. The van der Waals surface area contributed by atoms with E-state index in [1.807, 2.05) is 20.8 Å². The summed E-state index contributed by atoms with van der Waals surface area (Å²) in [6.07, 6.45) is 1.79. The molecule has 1 aromatic carbocycles. The van der Waals surface area contributed by atoms with Crippen LogP contribution in [0.25, 0.3) is 0 Å². The van der Waals surface area contributed by atoms with E-state index < -0.39 is 11.9 Å². The van der Waals surface area contributed by atoms with Gasteiger partial charge in [-0.2, -0.15) is 4.39 Å². The van der Waals surface area contributed by atoms with Crippen molar-refractivity contribution >= 4 is 34.9 Å². The maximum absolute atomic E-state index is 14.6. The number of likely N-dealkylation sites (tertiary alicyclic amines) is 1. The number of anilines is 1. The van der Waals surface area contributed by atoms with Gasteiger partial charge in [-0.05, 0) is 35.6 Å². The average Bonchev–Trinajstić information content (AvgIpc) is 3.34. The fraction of sp³-hybridized carbons (Fsp3) is 0.417. The third kappa shape index (κ3) is 5.64. The molecule has 188 valence electrons. The van der Waals surface area contributed by atoms with Crippen molar-refractivity contribution in [2.75, 3.05) is 18.8 Å². The Kier molecular flexibility index (Phi) is 7.54. The molecule has 2 aromatic rings. The van der Waals surface area contributed by atoms with Crippen molar-refractivity contribution < 1.29 is 14.0 Å². The van der Waals surface area contributed by atoms with Gasteiger partial charge in [0.25, 0.3) is 5.91 Å². The van der Waals surface area contributed by atoms with Crippen molar-refractivity contribution in [2.45, 2.75) is 45.2 Å². The van der Waals surface area contributed by atoms with Gasteiger partial charge in [0, 0.05) is 42.5 Å². The van der Waals surface area contributed by atoms with Crippen molar-refractivity contribution in [1.29, 1.82) is 0 Å². The standard InChI is InChI=1S/C24H31ClFN7O2/c1-6-19(34)33-8-7-13(12-33)30-23(35)20-21(26)31-18(32(20)5)11-29-22(28)14-9-15(24(2,3)4)16(25)10-17(14)27/h6,9-10,13H,1,7-8,11-12,27H2,2-5H3,(H2,28,29)(H,30,35)/t13-/m1/s1. The van der Waals surface area contributed by atoms with Gasteiger partial charge < -0.3 is 26.3 Å². The highest BCUT2D eigenvalue weighted by Crippen LogP contribution is 2.33. The molecule has 0 aliphatic carbocycles. The van der Waals surface area contributed by atoms with Crippen molar-refractivity contribution in [3.05, 3.63) is 58.4 Å². The number of amides is 2. The van der Waals surface area contributed by atoms with Crippen LogP contribution in [-0.4, -0.2) is 51.2 Å². The van der Waals surface area contributed by atoms with E-state index in [0.29, 0.717) is 35.8 Å². The molecule has 1 aromatic heterocycles. The minimum Gasteiger partial charge on any atom is -0.398 e. The molecule has 0 bridgehead atoms. The molecule has 0 saturated carbocycles. The van der Waals surface area contributed by atoms with E-state index >= 15 is 0 Å². The van der Waals surface area contributed by atoms with E-state index in [9.17, 15) is 14.0 Å². The number of aliphatic imine (C=N–C) groups is 1. The van der Waals surface area contributed by atoms with Gasteiger partial charge in [-0.25, -0.2) is 4.98 Å². The molecule has 0 spiro atoms. The number of nitrogen functional groups attached to an aromatic ring is 1. The first-order valence-corrected chi connectivity index (χ1v) is 11.5. The van der Waals surface area contributed by atoms with Gasteiger partial charge in [0.2, 0.25) is 11.9 Å². The number of nitrogens with two attached hydrogens (primary N) is 2. The lowest BCUT2D eigenvalue weighted by Gasteiger charge is -2.22. The molecule has 0 radical (unpaired) electrons. The number of halogens is 2. The van der Waals surface area contributed by atoms with Crippen molar-refractivity contribution in [3.8, 4) is 0 Å². The molecule has 1 saturated heterocycles. The minimum absolute atomic E-state index is 0.0650. The van der Waals surface area contributed by atoms with Crippen LogP contribution in [0.4, 0.5) is 10.1 Å². The highest BCUT2D eigenvalue weighted by Gasteiger charge is 2.29. The molecule has 1 fully saturated rings. The number of hydrogen-bond donors (Lipinski definition) is 3. The van der Waals surface area contributed by atoms with E-state index in [1.54, 1.807) is 17.0 Å². The number of amidine groups is 1. The topological polar surface area (TPSA) is 132 Å². The van der Waals surface area contributed by atoms with E-state index in [4.69, 9.17) is 23.1 Å². The Labute approximate surface area is 209 Å². The Balaban J connectivity index is 1.77. The Morgan fingerprint density at radius 3 is 2.71 bits per heavy atom. The molecule has 5 N–H and O–H groups in total. The van der Waals surface area contributed by atoms with Gasteiger partial charge in [0.15, 0.2) is 5.69 Å². The number of nitrogens with zero attached hydrogens (tertiary/aromatic N) is 4. The molecule has 3 rings (SSSR count). The zero-order valence-electron chi connectivity index (χ0n) is 20.4. The van der Waals surface area contributed by atoms with Crippen LogP contribution < -0.4 is 16.8 Å². The summed E-state index contributed by atoms with van der Waals surface area (Å²) >= 11 is 6.35. The number of carbonyl (C=O) groups is 2. The fourth-order valence-corrected chi connectivity index (χ4v) is 4.44. The van der Waals surface area contributed by atoms with E-state index in [-0.39, 0.29) is 41.3 Å². The summed E-state index contributed by atoms with van der Waals surface area (Å²) in [5.41, 5.74) is 13.6. The smallest absolute Gasteiger partial charge is 0.273 e. The molecular weight excluding hydrogens is 473 g/mol. The van der Waals surface area contributed by atoms with E-state index in [2.05, 4.69) is 21.9 Å². The average molecular weight is 504 g/mol. The number of aromatic nitrogens is 2. The summed E-state index contributed by atoms with van der Waals surface area (Å²) in [7, 11) is 1.53. The Morgan fingerprint density at radius 1 is 1.40 bits per heavy atom. The van der Waals surface area contributed by atoms with Crippen molar-refractivity contribution in [2.24, 2.45) is 17.8 Å². The SMILES string of the molecule is C=CC(=O)N1CC[C@@H](NC(=O)c2c(F)nc(CN=C(N)c3cc(C(C)(C)C)c(Cl)cc3N)n2C)C1. The Bertz CT molecular complexity index is 1200. The van der Waals surface area contributed by atoms with Gasteiger partial charge >= 0.3 is 0 Å². The number of benzene rings is 1. The van der Waals surface area contributed by atoms with Crippen LogP contribution in [-0.2, 0) is 23.8 Å². The zero-order chi connectivity index (χ0) is 26.1. The van der Waals surface area contributed by atoms with Gasteiger partial charge in [-0.3, -0.25) is 14.6 Å². The maximum Gasteiger partial charge on any atom is 0.273 e. The Hall–Kier alpha value is -3.40. The quantitative estimate of drug-likeness (QED) is 0.241. The lowest BCUT2D eigenvalue weighted by atomic mass is 9.85. The predicted octanol–water partition coefficient (Wildman–Crippen LogP) is 2.51. The van der Waals surface area contributed by atoms with Gasteiger partial charge in [-0.15, -0.1) is 0 Å². The molecule has 9 nitrogen and oxygen atoms in total. The van der Waals surface area contributed by atoms with Gasteiger partial charge in [-0.1, -0.05) is 39.0 Å². The summed E-state index contributed by atoms with van der Waals surface area (Å²) in [4.78, 5) is 34.3. The summed E-state index contributed by atoms with van der Waals surface area (Å²) < 4.78 is 16.0. The highest BCUT2D eigenvalue weighted by atomic mass is 35.5. The second-order valence-electron chi connectivity index (χ2n) is 9.54. The van der Waals surface area contributed by atoms with Crippen LogP contribution >= 0.6 is 11.6 Å². The monoisotopic (exact) mass is 503 g/mol. The second kappa shape index (κ2) is 10.1. The van der Waals surface area contributed by atoms with Crippen molar-refractivity contribution in [1.82, 2.24) is 19.8 Å². The molecule has 2 amide bonds. The number of rotatable bonds is 6. The molecule has 1 atom stereocenters. The first kappa shape index (κ1) is 26.2. The maximum atomic E-state index is 14.6. The molecule has 11 heteroatoms. The van der Waals surface area contributed by atoms with E-state index in [1.165, 1.54) is 17.7 Å². The lowest BCUT2D eigenvalue weighted by molar-refractivity contribution is -0.125. The van der Waals surface area contributed by atoms with Gasteiger partial charge in [0.1, 0.15) is 11.7 Å². The largest absolute Gasteiger partial charge is 0.398 e. The summed E-state index contributed by atoms with van der Waals surface area (Å²) in [6.45, 7) is 10.3. The summed E-state index contributed by atoms with van der Waals surface area (Å²) in [5, 5.41) is 3.30. The van der Waals surface area contributed by atoms with Gasteiger partial charge in [0.05, 0.1) is 6.54 Å². The molecular formula is C24H31ClFN7O2. The number of carbonyl (C=O) groups excluding carboxylic acids is 2. The Morgan fingerprint density at radius 2 is 2.09 bits per heavy atom. The molecule has 1 aliphatic rings. The predicted molar refractivity (Wildman–Crippen MR) is 135 cm³/mol. The van der Waals surface area contributed by atoms with Crippen LogP contribution in [0.1, 0.15) is 54.6 Å². The minimum atomic E-state index is -0.910. The molecule has 2 heterocycles. The normalized spacial score (nSPS) is 16.5. The molecule has 1 aliphatic heterocycles. The summed E-state index contributed by atoms with van der Waals surface area (Å²) in [5.74, 6) is -1.37. The third-order valence-electron chi connectivity index (χ3n) is 5.98. The summed E-state index contributed by atoms with van der Waals surface area (Å²) in [6, 6.07) is 3.15. The van der Waals surface area contributed by atoms with Crippen LogP contribution in [0.3, 0.4) is 0 Å². The molecule has 35 heavy (non-hydrogen) atoms. The van der Waals surface area contributed by atoms with Crippen LogP contribution in [0.2, 0.25) is 5.02 Å². The fourth-order valence-electron chi connectivity index (χ4n) is 3.98. The third-order valence-corrected chi connectivity index (χ3v) is 6.30.